The van der Waals surface area contributed by atoms with Gasteiger partial charge in [-0.25, -0.2) is 0 Å². The molecule has 0 saturated heterocycles. The van der Waals surface area contributed by atoms with Crippen molar-refractivity contribution in [2.24, 2.45) is 29.4 Å². The minimum absolute atomic E-state index is 0. The molecule has 4 rings (SSSR count). The van der Waals surface area contributed by atoms with Crippen molar-refractivity contribution in [1.29, 1.82) is 0 Å². The van der Waals surface area contributed by atoms with E-state index >= 15 is 0 Å². The number of hydrogen-bond donors (Lipinski definition) is 4. The van der Waals surface area contributed by atoms with Crippen LogP contribution >= 0.6 is 0 Å². The van der Waals surface area contributed by atoms with Crippen LogP contribution in [0.3, 0.4) is 0 Å². The zero-order valence-electron chi connectivity index (χ0n) is 17.7. The number of likely N-dealkylation sites (N-methyl/N-ethyl adjacent to an activating group) is 1. The lowest BCUT2D eigenvalue weighted by atomic mass is 9.50. The number of ketones is 4. The Labute approximate surface area is 194 Å². The molecule has 11 heteroatoms. The molecule has 33 heavy (non-hydrogen) atoms. The summed E-state index contributed by atoms with van der Waals surface area (Å²) in [5.74, 6) is -13.1. The average molecular weight is 478 g/mol. The van der Waals surface area contributed by atoms with Crippen molar-refractivity contribution in [3.63, 3.8) is 0 Å². The monoisotopic (exact) mass is 477 g/mol. The van der Waals surface area contributed by atoms with E-state index < -0.39 is 76.2 Å². The van der Waals surface area contributed by atoms with Crippen LogP contribution in [0.5, 0.6) is 5.75 Å². The van der Waals surface area contributed by atoms with Crippen molar-refractivity contribution in [2.75, 3.05) is 14.1 Å². The quantitative estimate of drug-likeness (QED) is 0.305. The van der Waals surface area contributed by atoms with E-state index in [2.05, 4.69) is 6.58 Å². The molecule has 1 aromatic carbocycles. The molecule has 10 nitrogen and oxygen atoms in total. The third-order valence-electron chi connectivity index (χ3n) is 6.95. The van der Waals surface area contributed by atoms with Crippen molar-refractivity contribution in [2.45, 2.75) is 17.7 Å². The maximum absolute atomic E-state index is 13.6. The Morgan fingerprint density at radius 3 is 2.30 bits per heavy atom. The molecule has 0 aromatic heterocycles. The lowest BCUT2D eigenvalue weighted by Crippen LogP contribution is -3.00. The standard InChI is InChI=1S/C22H22N2O8.ClH/c1-7-8-5-4-6-9(25)11(8)16(26)12-10(7)17(27)14-15(24(2)3)18(28)13(21(23)31)20(30)22(14,32)19(12)29;/h4-6,10,12-15,17,25,27,32H,1H2,2-3H3,(H2,23,31);1H/p-1/t10?,12?,13?,14?,15?,17?,22-;/m0./s1. The minimum Gasteiger partial charge on any atom is -1.00 e. The van der Waals surface area contributed by atoms with Gasteiger partial charge in [0.25, 0.3) is 0 Å². The maximum Gasteiger partial charge on any atom is 0.235 e. The Morgan fingerprint density at radius 1 is 1.15 bits per heavy atom. The number of primary amides is 1. The first-order chi connectivity index (χ1) is 14.9. The second-order valence-electron chi connectivity index (χ2n) is 8.75. The van der Waals surface area contributed by atoms with Gasteiger partial charge >= 0.3 is 0 Å². The molecule has 0 heterocycles. The average Bonchev–Trinajstić information content (AvgIpc) is 2.70. The van der Waals surface area contributed by atoms with E-state index in [0.717, 1.165) is 0 Å². The number of nitrogens with two attached hydrogens (primary N) is 1. The molecular formula is C22H22ClN2O8-. The highest BCUT2D eigenvalue weighted by Crippen LogP contribution is 2.53. The number of carbonyl (C=O) groups excluding carboxylic acids is 5. The van der Waals surface area contributed by atoms with Gasteiger partial charge in [0.2, 0.25) is 5.91 Å². The topological polar surface area (TPSA) is 175 Å². The molecule has 7 atom stereocenters. The Balaban J connectivity index is 0.00000306. The van der Waals surface area contributed by atoms with Gasteiger partial charge in [-0.05, 0) is 31.3 Å². The fourth-order valence-corrected chi connectivity index (χ4v) is 5.57. The third-order valence-corrected chi connectivity index (χ3v) is 6.95. The van der Waals surface area contributed by atoms with Gasteiger partial charge in [0.1, 0.15) is 5.75 Å². The first-order valence-corrected chi connectivity index (χ1v) is 9.91. The molecule has 0 aliphatic heterocycles. The van der Waals surface area contributed by atoms with Crippen LogP contribution in [0.2, 0.25) is 0 Å². The molecule has 1 aromatic rings. The van der Waals surface area contributed by atoms with E-state index in [1.807, 2.05) is 0 Å². The SMILES string of the molecule is C=C1c2cccc(O)c2C(=O)C2C(=O)[C@]3(O)C(=O)C(C(N)=O)C(=O)C(N(C)C)C3C(O)C12.[Cl-]. The highest BCUT2D eigenvalue weighted by atomic mass is 35.5. The van der Waals surface area contributed by atoms with E-state index in [1.165, 1.54) is 37.2 Å². The number of aliphatic hydroxyl groups excluding tert-OH is 1. The minimum atomic E-state index is -3.01. The van der Waals surface area contributed by atoms with Gasteiger partial charge < -0.3 is 33.5 Å². The summed E-state index contributed by atoms with van der Waals surface area (Å²) in [6.45, 7) is 3.90. The molecule has 6 unspecified atom stereocenters. The van der Waals surface area contributed by atoms with Gasteiger partial charge in [0.05, 0.1) is 29.5 Å². The summed E-state index contributed by atoms with van der Waals surface area (Å²) in [5, 5.41) is 33.0. The molecule has 0 spiro atoms. The molecule has 2 fully saturated rings. The van der Waals surface area contributed by atoms with Crippen LogP contribution in [0.4, 0.5) is 0 Å². The highest BCUT2D eigenvalue weighted by Gasteiger charge is 2.72. The lowest BCUT2D eigenvalue weighted by molar-refractivity contribution is -0.192. The molecule has 5 N–H and O–H groups in total. The number of aromatic hydroxyl groups is 1. The zero-order valence-corrected chi connectivity index (χ0v) is 18.4. The number of Topliss-reactive ketones (excluding diaryl/α,β-unsaturated/α-hetero) is 4. The predicted octanol–water partition coefficient (Wildman–Crippen LogP) is -4.69. The van der Waals surface area contributed by atoms with E-state index in [4.69, 9.17) is 5.73 Å². The van der Waals surface area contributed by atoms with Crippen LogP contribution in [0.15, 0.2) is 24.8 Å². The molecule has 3 aliphatic carbocycles. The summed E-state index contributed by atoms with van der Waals surface area (Å²) in [4.78, 5) is 66.2. The molecule has 0 bridgehead atoms. The van der Waals surface area contributed by atoms with Crippen LogP contribution < -0.4 is 18.1 Å². The summed E-state index contributed by atoms with van der Waals surface area (Å²) in [6, 6.07) is 2.78. The second-order valence-corrected chi connectivity index (χ2v) is 8.75. The predicted molar refractivity (Wildman–Crippen MR) is 108 cm³/mol. The van der Waals surface area contributed by atoms with E-state index in [-0.39, 0.29) is 29.1 Å². The van der Waals surface area contributed by atoms with E-state index in [0.29, 0.717) is 0 Å². The maximum atomic E-state index is 13.6. The number of aliphatic hydroxyl groups is 2. The first-order valence-electron chi connectivity index (χ1n) is 9.91. The molecular weight excluding hydrogens is 456 g/mol. The number of amides is 1. The zero-order chi connectivity index (χ0) is 23.9. The number of benzene rings is 1. The summed E-state index contributed by atoms with van der Waals surface area (Å²) in [7, 11) is 2.85. The van der Waals surface area contributed by atoms with Crippen molar-refractivity contribution in [3.8, 4) is 5.75 Å². The van der Waals surface area contributed by atoms with Crippen molar-refractivity contribution >= 4 is 34.6 Å². The Hall–Kier alpha value is -2.92. The number of phenols is 1. The summed E-state index contributed by atoms with van der Waals surface area (Å²) in [6.07, 6.45) is -1.72. The van der Waals surface area contributed by atoms with Crippen LogP contribution in [0, 0.1) is 23.7 Å². The number of rotatable bonds is 2. The molecule has 0 radical (unpaired) electrons. The number of nitrogens with zero attached hydrogens (tertiary/aromatic N) is 1. The van der Waals surface area contributed by atoms with E-state index in [9.17, 15) is 39.3 Å². The van der Waals surface area contributed by atoms with E-state index in [1.54, 1.807) is 0 Å². The highest BCUT2D eigenvalue weighted by molar-refractivity contribution is 6.33. The number of phenolic OH excluding ortho intramolecular Hbond substituents is 1. The fraction of sp³-hybridized carbons (Fsp3) is 0.409. The summed E-state index contributed by atoms with van der Waals surface area (Å²) < 4.78 is 0. The van der Waals surface area contributed by atoms with Gasteiger partial charge in [-0.3, -0.25) is 28.9 Å². The van der Waals surface area contributed by atoms with Crippen molar-refractivity contribution < 1.29 is 51.7 Å². The number of fused-ring (bicyclic) bond motifs is 3. The Kier molecular flexibility index (Phi) is 5.87. The van der Waals surface area contributed by atoms with Crippen LogP contribution in [-0.4, -0.2) is 81.1 Å². The lowest BCUT2D eigenvalue weighted by Gasteiger charge is -2.55. The Morgan fingerprint density at radius 2 is 1.76 bits per heavy atom. The largest absolute Gasteiger partial charge is 1.00 e. The molecule has 2 saturated carbocycles. The normalized spacial score (nSPS) is 35.5. The fourth-order valence-electron chi connectivity index (χ4n) is 5.57. The molecule has 1 amide bonds. The van der Waals surface area contributed by atoms with Gasteiger partial charge in [0.15, 0.2) is 34.7 Å². The summed E-state index contributed by atoms with van der Waals surface area (Å²) >= 11 is 0. The second kappa shape index (κ2) is 7.84. The van der Waals surface area contributed by atoms with Crippen LogP contribution in [-0.2, 0) is 19.2 Å². The Bertz CT molecular complexity index is 1130. The number of hydrogen-bond acceptors (Lipinski definition) is 9. The van der Waals surface area contributed by atoms with Gasteiger partial charge in [-0.2, -0.15) is 0 Å². The summed E-state index contributed by atoms with van der Waals surface area (Å²) in [5.41, 5.74) is 2.38. The van der Waals surface area contributed by atoms with Gasteiger partial charge in [0, 0.05) is 5.92 Å². The van der Waals surface area contributed by atoms with Crippen LogP contribution in [0.25, 0.3) is 5.57 Å². The number of halogens is 1. The van der Waals surface area contributed by atoms with Gasteiger partial charge in [-0.1, -0.05) is 18.7 Å². The first kappa shape index (κ1) is 24.7. The van der Waals surface area contributed by atoms with Crippen molar-refractivity contribution in [3.05, 3.63) is 35.9 Å². The molecule has 176 valence electrons. The van der Waals surface area contributed by atoms with Crippen molar-refractivity contribution in [1.82, 2.24) is 4.90 Å². The number of carbonyl (C=O) groups is 5. The molecule has 3 aliphatic rings. The third kappa shape index (κ3) is 2.95. The van der Waals surface area contributed by atoms with Crippen LogP contribution in [0.1, 0.15) is 15.9 Å². The smallest absolute Gasteiger partial charge is 0.235 e. The van der Waals surface area contributed by atoms with Gasteiger partial charge in [-0.15, -0.1) is 0 Å².